The van der Waals surface area contributed by atoms with Gasteiger partial charge < -0.3 is 14.8 Å². The first-order chi connectivity index (χ1) is 13.9. The summed E-state index contributed by atoms with van der Waals surface area (Å²) in [5, 5.41) is 4.13. The summed E-state index contributed by atoms with van der Waals surface area (Å²) in [6.07, 6.45) is 0.750. The first-order valence-electron chi connectivity index (χ1n) is 8.98. The van der Waals surface area contributed by atoms with Gasteiger partial charge in [-0.3, -0.25) is 14.2 Å². The molecule has 156 valence electrons. The van der Waals surface area contributed by atoms with E-state index >= 15 is 0 Å². The number of amides is 1. The quantitative estimate of drug-likeness (QED) is 0.483. The maximum absolute atomic E-state index is 12.9. The van der Waals surface area contributed by atoms with Crippen molar-refractivity contribution in [3.63, 3.8) is 0 Å². The van der Waals surface area contributed by atoms with Crippen molar-refractivity contribution in [3.05, 3.63) is 39.3 Å². The molecule has 1 atom stereocenters. The second kappa shape index (κ2) is 9.88. The van der Waals surface area contributed by atoms with Gasteiger partial charge >= 0.3 is 0 Å². The lowest BCUT2D eigenvalue weighted by Gasteiger charge is -2.14. The molecule has 1 amide bonds. The second-order valence-electron chi connectivity index (χ2n) is 6.43. The highest BCUT2D eigenvalue weighted by molar-refractivity contribution is 8.00. The van der Waals surface area contributed by atoms with Crippen molar-refractivity contribution >= 4 is 46.7 Å². The van der Waals surface area contributed by atoms with E-state index in [0.29, 0.717) is 44.9 Å². The molecule has 0 fully saturated rings. The summed E-state index contributed by atoms with van der Waals surface area (Å²) < 4.78 is 12.0. The predicted molar refractivity (Wildman–Crippen MR) is 117 cm³/mol. The molecule has 3 rings (SSSR count). The van der Waals surface area contributed by atoms with Crippen LogP contribution < -0.4 is 15.6 Å². The summed E-state index contributed by atoms with van der Waals surface area (Å²) in [6.45, 7) is 2.85. The summed E-state index contributed by atoms with van der Waals surface area (Å²) in [5.74, 6) is 0.370. The molecule has 0 radical (unpaired) electrons. The highest BCUT2D eigenvalue weighted by Gasteiger charge is 2.26. The molecule has 0 saturated carbocycles. The zero-order valence-electron chi connectivity index (χ0n) is 16.4. The fourth-order valence-corrected chi connectivity index (χ4v) is 5.04. The van der Waals surface area contributed by atoms with Crippen molar-refractivity contribution in [2.24, 2.45) is 0 Å². The van der Waals surface area contributed by atoms with E-state index in [9.17, 15) is 9.59 Å². The fraction of sp³-hybridized carbons (Fsp3) is 0.421. The van der Waals surface area contributed by atoms with Crippen LogP contribution in [-0.4, -0.2) is 47.3 Å². The third-order valence-electron chi connectivity index (χ3n) is 4.25. The Labute approximate surface area is 182 Å². The number of halogens is 1. The van der Waals surface area contributed by atoms with Crippen LogP contribution in [0.15, 0.2) is 33.0 Å². The molecular formula is C19H22ClN3O4S2. The van der Waals surface area contributed by atoms with Crippen LogP contribution in [0.5, 0.6) is 5.75 Å². The first-order valence-corrected chi connectivity index (χ1v) is 11.2. The van der Waals surface area contributed by atoms with E-state index in [4.69, 9.17) is 21.1 Å². The minimum Gasteiger partial charge on any atom is -0.495 e. The highest BCUT2D eigenvalue weighted by Crippen LogP contribution is 2.34. The van der Waals surface area contributed by atoms with Gasteiger partial charge in [0.15, 0.2) is 5.16 Å². The van der Waals surface area contributed by atoms with Gasteiger partial charge in [0.2, 0.25) is 5.91 Å². The van der Waals surface area contributed by atoms with Crippen LogP contribution in [0.1, 0.15) is 12.6 Å². The Morgan fingerprint density at radius 3 is 2.97 bits per heavy atom. The minimum atomic E-state index is -0.244. The molecule has 0 spiro atoms. The SMILES string of the molecule is COCCn1c(SCC(=O)Nc2cc(Cl)ccc2OC)nc2c(c1=O)S[C@H](C)C2. The summed E-state index contributed by atoms with van der Waals surface area (Å²) in [7, 11) is 3.11. The maximum Gasteiger partial charge on any atom is 0.268 e. The first kappa shape index (κ1) is 22.0. The number of nitrogens with one attached hydrogen (secondary N) is 1. The molecule has 1 aromatic heterocycles. The fourth-order valence-electron chi connectivity index (χ4n) is 2.92. The lowest BCUT2D eigenvalue weighted by atomic mass is 10.2. The van der Waals surface area contributed by atoms with Crippen molar-refractivity contribution in [2.75, 3.05) is 31.9 Å². The third kappa shape index (κ3) is 5.28. The minimum absolute atomic E-state index is 0.0687. The molecule has 1 aromatic carbocycles. The number of fused-ring (bicyclic) bond motifs is 1. The van der Waals surface area contributed by atoms with Crippen LogP contribution >= 0.6 is 35.1 Å². The molecule has 1 aliphatic rings. The van der Waals surface area contributed by atoms with E-state index in [1.54, 1.807) is 41.6 Å². The Balaban J connectivity index is 1.77. The second-order valence-corrected chi connectivity index (χ2v) is 9.26. The average Bonchev–Trinajstić information content (AvgIpc) is 3.06. The summed E-state index contributed by atoms with van der Waals surface area (Å²) in [4.78, 5) is 30.7. The van der Waals surface area contributed by atoms with Gasteiger partial charge in [0.05, 0.1) is 42.3 Å². The molecule has 2 heterocycles. The zero-order chi connectivity index (χ0) is 21.0. The zero-order valence-corrected chi connectivity index (χ0v) is 18.7. The van der Waals surface area contributed by atoms with Crippen molar-refractivity contribution < 1.29 is 14.3 Å². The summed E-state index contributed by atoms with van der Waals surface area (Å²) in [5.41, 5.74) is 1.23. The van der Waals surface area contributed by atoms with Gasteiger partial charge in [-0.2, -0.15) is 0 Å². The van der Waals surface area contributed by atoms with Crippen molar-refractivity contribution in [2.45, 2.75) is 35.2 Å². The normalized spacial score (nSPS) is 15.2. The molecule has 0 aliphatic carbocycles. The molecule has 1 N–H and O–H groups in total. The summed E-state index contributed by atoms with van der Waals surface area (Å²) >= 11 is 8.79. The van der Waals surface area contributed by atoms with Gasteiger partial charge in [0, 0.05) is 23.8 Å². The lowest BCUT2D eigenvalue weighted by Crippen LogP contribution is -2.27. The Bertz CT molecular complexity index is 967. The van der Waals surface area contributed by atoms with Gasteiger partial charge in [0.1, 0.15) is 5.75 Å². The summed E-state index contributed by atoms with van der Waals surface area (Å²) in [6, 6.07) is 5.00. The molecule has 7 nitrogen and oxygen atoms in total. The number of nitrogens with zero attached hydrogens (tertiary/aromatic N) is 2. The molecule has 10 heteroatoms. The van der Waals surface area contributed by atoms with Crippen molar-refractivity contribution in [3.8, 4) is 5.75 Å². The van der Waals surface area contributed by atoms with Crippen LogP contribution in [0.2, 0.25) is 5.02 Å². The average molecular weight is 456 g/mol. The molecule has 2 aromatic rings. The number of hydrogen-bond acceptors (Lipinski definition) is 7. The number of anilines is 1. The lowest BCUT2D eigenvalue weighted by molar-refractivity contribution is -0.113. The smallest absolute Gasteiger partial charge is 0.268 e. The Morgan fingerprint density at radius 2 is 2.24 bits per heavy atom. The van der Waals surface area contributed by atoms with E-state index < -0.39 is 0 Å². The number of benzene rings is 1. The Hall–Kier alpha value is -1.68. The van der Waals surface area contributed by atoms with Crippen LogP contribution in [-0.2, 0) is 22.5 Å². The third-order valence-corrected chi connectivity index (χ3v) is 6.68. The molecule has 29 heavy (non-hydrogen) atoms. The number of hydrogen-bond donors (Lipinski definition) is 1. The number of thioether (sulfide) groups is 2. The molecule has 0 saturated heterocycles. The number of carbonyl (C=O) groups is 1. The van der Waals surface area contributed by atoms with Gasteiger partial charge in [-0.05, 0) is 18.2 Å². The Kier molecular flexibility index (Phi) is 7.50. The van der Waals surface area contributed by atoms with Gasteiger partial charge in [-0.1, -0.05) is 30.3 Å². The van der Waals surface area contributed by atoms with Crippen LogP contribution in [0.4, 0.5) is 5.69 Å². The number of methoxy groups -OCH3 is 2. The monoisotopic (exact) mass is 455 g/mol. The van der Waals surface area contributed by atoms with Crippen molar-refractivity contribution in [1.29, 1.82) is 0 Å². The van der Waals surface area contributed by atoms with Gasteiger partial charge in [0.25, 0.3) is 5.56 Å². The van der Waals surface area contributed by atoms with Crippen LogP contribution in [0, 0.1) is 0 Å². The standard InChI is InChI=1S/C19H22ClN3O4S2/c1-11-8-14-17(29-11)18(25)23(6-7-26-2)19(22-14)28-10-16(24)21-13-9-12(20)4-5-15(13)27-3/h4-5,9,11H,6-8,10H2,1-3H3,(H,21,24)/t11-/m1/s1. The maximum atomic E-state index is 12.9. The number of carbonyl (C=O) groups excluding carboxylic acids is 1. The van der Waals surface area contributed by atoms with Gasteiger partial charge in [-0.15, -0.1) is 11.8 Å². The molecule has 0 unspecified atom stereocenters. The van der Waals surface area contributed by atoms with Gasteiger partial charge in [-0.25, -0.2) is 4.98 Å². The van der Waals surface area contributed by atoms with Crippen LogP contribution in [0.3, 0.4) is 0 Å². The van der Waals surface area contributed by atoms with E-state index in [1.807, 2.05) is 0 Å². The number of aromatic nitrogens is 2. The number of rotatable bonds is 8. The molecule has 0 bridgehead atoms. The van der Waals surface area contributed by atoms with E-state index in [1.165, 1.54) is 18.9 Å². The van der Waals surface area contributed by atoms with Crippen molar-refractivity contribution in [1.82, 2.24) is 9.55 Å². The van der Waals surface area contributed by atoms with E-state index in [2.05, 4.69) is 17.2 Å². The predicted octanol–water partition coefficient (Wildman–Crippen LogP) is 3.32. The topological polar surface area (TPSA) is 82.4 Å². The molecule has 1 aliphatic heterocycles. The van der Waals surface area contributed by atoms with Crippen LogP contribution in [0.25, 0.3) is 0 Å². The number of ether oxygens (including phenoxy) is 2. The molecular weight excluding hydrogens is 434 g/mol. The highest BCUT2D eigenvalue weighted by atomic mass is 35.5. The van der Waals surface area contributed by atoms with E-state index in [-0.39, 0.29) is 17.2 Å². The van der Waals surface area contributed by atoms with E-state index in [0.717, 1.165) is 12.1 Å². The largest absolute Gasteiger partial charge is 0.495 e. The Morgan fingerprint density at radius 1 is 1.45 bits per heavy atom.